The summed E-state index contributed by atoms with van der Waals surface area (Å²) >= 11 is 7.42. The number of thiazole rings is 1. The van der Waals surface area contributed by atoms with Crippen LogP contribution >= 0.6 is 22.9 Å². The maximum absolute atomic E-state index is 13.6. The third-order valence-corrected chi connectivity index (χ3v) is 7.84. The molecule has 9 heteroatoms. The van der Waals surface area contributed by atoms with Gasteiger partial charge in [0, 0.05) is 13.1 Å². The van der Waals surface area contributed by atoms with Gasteiger partial charge in [-0.05, 0) is 49.8 Å². The van der Waals surface area contributed by atoms with Crippen LogP contribution in [-0.4, -0.2) is 40.8 Å². The number of hydrogen-bond donors (Lipinski definition) is 1. The first-order chi connectivity index (χ1) is 16.2. The van der Waals surface area contributed by atoms with E-state index in [0.717, 1.165) is 39.6 Å². The van der Waals surface area contributed by atoms with Gasteiger partial charge in [0.25, 0.3) is 11.8 Å². The number of carbonyl (C=O) groups is 2. The first-order valence-electron chi connectivity index (χ1n) is 11.0. The number of amides is 2. The molecule has 2 aliphatic rings. The largest absolute Gasteiger partial charge is 0.350 e. The summed E-state index contributed by atoms with van der Waals surface area (Å²) in [5.41, 5.74) is 2.34. The molecular weight excluding hydrogens is 480 g/mol. The Labute approximate surface area is 204 Å². The molecule has 1 aromatic heterocycles. The van der Waals surface area contributed by atoms with Crippen LogP contribution in [0.3, 0.4) is 0 Å². The van der Waals surface area contributed by atoms with Crippen molar-refractivity contribution in [3.63, 3.8) is 0 Å². The summed E-state index contributed by atoms with van der Waals surface area (Å²) in [7, 11) is 0. The van der Waals surface area contributed by atoms with Gasteiger partial charge < -0.3 is 10.2 Å². The zero-order valence-electron chi connectivity index (χ0n) is 18.6. The van der Waals surface area contributed by atoms with Gasteiger partial charge in [-0.2, -0.15) is 0 Å². The van der Waals surface area contributed by atoms with Crippen LogP contribution in [-0.2, 0) is 0 Å². The average molecular weight is 502 g/mol. The molecule has 1 saturated carbocycles. The highest BCUT2D eigenvalue weighted by Gasteiger charge is 2.54. The van der Waals surface area contributed by atoms with E-state index >= 15 is 0 Å². The van der Waals surface area contributed by atoms with Gasteiger partial charge in [0.05, 0.1) is 26.5 Å². The Hall–Kier alpha value is -2.84. The molecule has 5 nitrogen and oxygen atoms in total. The fraction of sp³-hybridized carbons (Fsp3) is 0.320. The van der Waals surface area contributed by atoms with Crippen molar-refractivity contribution in [1.29, 1.82) is 0 Å². The summed E-state index contributed by atoms with van der Waals surface area (Å²) in [6.45, 7) is 4.69. The predicted octanol–water partition coefficient (Wildman–Crippen LogP) is 5.25. The van der Waals surface area contributed by atoms with Crippen molar-refractivity contribution < 1.29 is 18.4 Å². The van der Waals surface area contributed by atoms with Crippen LogP contribution in [0.1, 0.15) is 37.8 Å². The third-order valence-electron chi connectivity index (χ3n) is 6.51. The van der Waals surface area contributed by atoms with Crippen LogP contribution in [0.2, 0.25) is 5.02 Å². The van der Waals surface area contributed by atoms with Gasteiger partial charge in [-0.15, -0.1) is 11.3 Å². The van der Waals surface area contributed by atoms with Crippen LogP contribution in [0, 0.1) is 37.3 Å². The summed E-state index contributed by atoms with van der Waals surface area (Å²) in [6.07, 6.45) is 0.997. The van der Waals surface area contributed by atoms with E-state index in [1.54, 1.807) is 4.90 Å². The van der Waals surface area contributed by atoms with E-state index in [1.165, 1.54) is 11.3 Å². The summed E-state index contributed by atoms with van der Waals surface area (Å²) in [5, 5.41) is 3.40. The van der Waals surface area contributed by atoms with Gasteiger partial charge in [-0.3, -0.25) is 9.59 Å². The van der Waals surface area contributed by atoms with Crippen LogP contribution < -0.4 is 5.32 Å². The van der Waals surface area contributed by atoms with Crippen molar-refractivity contribution in [3.05, 3.63) is 74.9 Å². The molecule has 2 amide bonds. The standard InChI is InChI=1S/C25H22ClF2N3O2S/c1-12-4-3-5-14(6-12)23-22(30-13(2)34-23)25(33)31-11-15-7-16(15)21(31)10-29-24(32)17-8-19(27)20(28)9-18(17)26/h3-6,8-9,15-16,21H,7,10-11H2,1-2H3,(H,29,32)/t15-,16-,21+/m0/s1. The topological polar surface area (TPSA) is 62.3 Å². The molecule has 3 aromatic rings. The highest BCUT2D eigenvalue weighted by Crippen LogP contribution is 2.50. The number of hydrogen-bond acceptors (Lipinski definition) is 4. The Bertz CT molecular complexity index is 1310. The summed E-state index contributed by atoms with van der Waals surface area (Å²) in [4.78, 5) is 33.4. The number of rotatable bonds is 5. The van der Waals surface area contributed by atoms with Crippen molar-refractivity contribution in [2.45, 2.75) is 26.3 Å². The van der Waals surface area contributed by atoms with Gasteiger partial charge in [0.15, 0.2) is 11.6 Å². The maximum atomic E-state index is 13.6. The maximum Gasteiger partial charge on any atom is 0.274 e. The summed E-state index contributed by atoms with van der Waals surface area (Å²) in [6, 6.07) is 9.35. The number of benzene rings is 2. The first-order valence-corrected chi connectivity index (χ1v) is 12.2. The molecule has 1 aliphatic carbocycles. The molecule has 176 valence electrons. The molecule has 2 aromatic carbocycles. The molecule has 2 heterocycles. The smallest absolute Gasteiger partial charge is 0.274 e. The minimum absolute atomic E-state index is 0.138. The second kappa shape index (κ2) is 8.74. The Morgan fingerprint density at radius 2 is 1.97 bits per heavy atom. The van der Waals surface area contributed by atoms with Gasteiger partial charge in [-0.1, -0.05) is 41.4 Å². The number of nitrogens with one attached hydrogen (secondary N) is 1. The lowest BCUT2D eigenvalue weighted by atomic mass is 10.1. The lowest BCUT2D eigenvalue weighted by molar-refractivity contribution is 0.0690. The number of likely N-dealkylation sites (tertiary alicyclic amines) is 1. The highest BCUT2D eigenvalue weighted by molar-refractivity contribution is 7.15. The van der Waals surface area contributed by atoms with Crippen molar-refractivity contribution in [2.75, 3.05) is 13.1 Å². The molecule has 0 spiro atoms. The van der Waals surface area contributed by atoms with Crippen LogP contribution in [0.5, 0.6) is 0 Å². The van der Waals surface area contributed by atoms with Crippen molar-refractivity contribution in [1.82, 2.24) is 15.2 Å². The SMILES string of the molecule is Cc1cccc(-c2sc(C)nc2C(=O)N2C[C@@H]3C[C@@H]3[C@H]2CNC(=O)c2cc(F)c(F)cc2Cl)c1. The Morgan fingerprint density at radius 3 is 2.74 bits per heavy atom. The molecule has 2 fully saturated rings. The lowest BCUT2D eigenvalue weighted by Gasteiger charge is -2.27. The van der Waals surface area contributed by atoms with E-state index in [1.807, 2.05) is 38.1 Å². The quantitative estimate of drug-likeness (QED) is 0.486. The van der Waals surface area contributed by atoms with E-state index in [2.05, 4.69) is 10.3 Å². The Kier molecular flexibility index (Phi) is 5.90. The number of aromatic nitrogens is 1. The van der Waals surface area contributed by atoms with E-state index in [9.17, 15) is 18.4 Å². The van der Waals surface area contributed by atoms with E-state index in [4.69, 9.17) is 11.6 Å². The third kappa shape index (κ3) is 4.20. The molecule has 3 atom stereocenters. The van der Waals surface area contributed by atoms with Crippen LogP contribution in [0.4, 0.5) is 8.78 Å². The van der Waals surface area contributed by atoms with Crippen molar-refractivity contribution in [3.8, 4) is 10.4 Å². The minimum Gasteiger partial charge on any atom is -0.350 e. The molecule has 0 unspecified atom stereocenters. The normalized spacial score (nSPS) is 20.9. The number of halogens is 3. The zero-order chi connectivity index (χ0) is 24.1. The number of fused-ring (bicyclic) bond motifs is 1. The number of piperidine rings is 1. The van der Waals surface area contributed by atoms with Gasteiger partial charge in [0.2, 0.25) is 0 Å². The summed E-state index contributed by atoms with van der Waals surface area (Å²) < 4.78 is 27.0. The average Bonchev–Trinajstić information content (AvgIpc) is 3.31. The van der Waals surface area contributed by atoms with Gasteiger partial charge in [-0.25, -0.2) is 13.8 Å². The Balaban J connectivity index is 1.36. The number of nitrogens with zero attached hydrogens (tertiary/aromatic N) is 2. The van der Waals surface area contributed by atoms with Crippen LogP contribution in [0.15, 0.2) is 36.4 Å². The molecule has 34 heavy (non-hydrogen) atoms. The van der Waals surface area contributed by atoms with Gasteiger partial charge >= 0.3 is 0 Å². The van der Waals surface area contributed by atoms with E-state index in [0.29, 0.717) is 24.1 Å². The monoisotopic (exact) mass is 501 g/mol. The Morgan fingerprint density at radius 1 is 1.21 bits per heavy atom. The predicted molar refractivity (Wildman–Crippen MR) is 127 cm³/mol. The first kappa shape index (κ1) is 22.9. The van der Waals surface area contributed by atoms with Gasteiger partial charge in [0.1, 0.15) is 5.69 Å². The second-order valence-electron chi connectivity index (χ2n) is 8.92. The molecular formula is C25H22ClF2N3O2S. The van der Waals surface area contributed by atoms with Crippen molar-refractivity contribution in [2.24, 2.45) is 11.8 Å². The number of aryl methyl sites for hydroxylation is 2. The molecule has 0 bridgehead atoms. The second-order valence-corrected chi connectivity index (χ2v) is 10.5. The van der Waals surface area contributed by atoms with E-state index < -0.39 is 17.5 Å². The molecule has 1 aliphatic heterocycles. The molecule has 5 rings (SSSR count). The number of carbonyl (C=O) groups excluding carboxylic acids is 2. The van der Waals surface area contributed by atoms with Crippen LogP contribution in [0.25, 0.3) is 10.4 Å². The minimum atomic E-state index is -1.14. The molecule has 1 saturated heterocycles. The van der Waals surface area contributed by atoms with E-state index in [-0.39, 0.29) is 29.1 Å². The fourth-order valence-electron chi connectivity index (χ4n) is 4.75. The fourth-order valence-corrected chi connectivity index (χ4v) is 5.89. The van der Waals surface area contributed by atoms with Crippen molar-refractivity contribution >= 4 is 34.8 Å². The summed E-state index contributed by atoms with van der Waals surface area (Å²) in [5.74, 6) is -2.31. The molecule has 1 N–H and O–H groups in total. The zero-order valence-corrected chi connectivity index (χ0v) is 20.1. The lowest BCUT2D eigenvalue weighted by Crippen LogP contribution is -2.45. The molecule has 0 radical (unpaired) electrons. The highest BCUT2D eigenvalue weighted by atomic mass is 35.5.